The molecule has 0 bridgehead atoms. The Bertz CT molecular complexity index is 1350. The van der Waals surface area contributed by atoms with E-state index in [-0.39, 0.29) is 32.2 Å². The van der Waals surface area contributed by atoms with Crippen molar-refractivity contribution in [3.8, 4) is 28.3 Å². The van der Waals surface area contributed by atoms with Crippen LogP contribution in [0.15, 0.2) is 48.8 Å². The number of aromatic nitrogens is 2. The van der Waals surface area contributed by atoms with Crippen molar-refractivity contribution < 1.29 is 17.9 Å². The van der Waals surface area contributed by atoms with Gasteiger partial charge in [-0.2, -0.15) is 8.78 Å². The molecule has 47 heavy (non-hydrogen) atoms. The molecule has 0 amide bonds. The molecule has 3 atom stereocenters. The zero-order valence-electron chi connectivity index (χ0n) is 29.1. The van der Waals surface area contributed by atoms with Gasteiger partial charge in [0.05, 0.1) is 5.56 Å². The monoisotopic (exact) mass is 664 g/mol. The first-order valence-electron chi connectivity index (χ1n) is 18.3. The number of unbranched alkanes of at least 4 members (excludes halogenated alkanes) is 9. The lowest BCUT2D eigenvalue weighted by molar-refractivity contribution is -0.0451. The molecule has 4 rings (SSSR count). The number of hydrogen-bond acceptors (Lipinski definition) is 3. The molecule has 1 aliphatic rings. The van der Waals surface area contributed by atoms with Gasteiger partial charge in [-0.15, -0.1) is 0 Å². The molecule has 0 aliphatic carbocycles. The van der Waals surface area contributed by atoms with Gasteiger partial charge in [-0.05, 0) is 47.6 Å². The summed E-state index contributed by atoms with van der Waals surface area (Å²) in [6.45, 7) is 8.83. The lowest BCUT2D eigenvalue weighted by atomic mass is 9.96. The quantitative estimate of drug-likeness (QED) is 0.0840. The maximum absolute atomic E-state index is 15.7. The second-order valence-corrected chi connectivity index (χ2v) is 15.6. The van der Waals surface area contributed by atoms with Crippen molar-refractivity contribution in [3.63, 3.8) is 0 Å². The van der Waals surface area contributed by atoms with E-state index >= 15 is 13.2 Å². The van der Waals surface area contributed by atoms with Crippen LogP contribution in [0.5, 0.6) is 5.75 Å². The summed E-state index contributed by atoms with van der Waals surface area (Å²) < 4.78 is 52.7. The molecule has 3 nitrogen and oxygen atoms in total. The highest BCUT2D eigenvalue weighted by atomic mass is 28.2. The van der Waals surface area contributed by atoms with Crippen LogP contribution < -0.4 is 4.74 Å². The topological polar surface area (TPSA) is 35.0 Å². The third-order valence-corrected chi connectivity index (χ3v) is 11.2. The summed E-state index contributed by atoms with van der Waals surface area (Å²) in [6.07, 6.45) is 22.6. The standard InChI is InChI=1S/C40H55F3N2OSi/c1-5-7-9-10-16-20-31-21-23-32(24-22-31)33-27-44-38(45-28-33)34-25-26-35-36(37(34)41)40(42,43)39(46-35)47-30(4)19-15-12-11-14-18-29(3)17-13-8-6-2/h21-30,39H,5-20H2,1-4H3. The molecule has 3 aromatic rings. The number of aryl methyl sites for hydroxylation is 1. The van der Waals surface area contributed by atoms with Crippen LogP contribution in [-0.2, 0) is 12.3 Å². The van der Waals surface area contributed by atoms with Gasteiger partial charge in [0.15, 0.2) is 5.82 Å². The van der Waals surface area contributed by atoms with E-state index in [4.69, 9.17) is 4.74 Å². The Morgan fingerprint density at radius 2 is 1.34 bits per heavy atom. The third-order valence-electron chi connectivity index (χ3n) is 9.58. The van der Waals surface area contributed by atoms with Gasteiger partial charge in [-0.25, -0.2) is 14.4 Å². The van der Waals surface area contributed by atoms with Crippen LogP contribution in [0.4, 0.5) is 13.2 Å². The second-order valence-electron chi connectivity index (χ2n) is 13.7. The summed E-state index contributed by atoms with van der Waals surface area (Å²) in [5.74, 6) is -3.60. The number of hydrogen-bond donors (Lipinski definition) is 0. The van der Waals surface area contributed by atoms with Crippen LogP contribution in [0.1, 0.15) is 135 Å². The second kappa shape index (κ2) is 18.8. The number of benzene rings is 2. The van der Waals surface area contributed by atoms with Gasteiger partial charge in [0, 0.05) is 18.0 Å². The zero-order chi connectivity index (χ0) is 33.6. The number of ether oxygens (including phenoxy) is 1. The number of nitrogens with zero attached hydrogens (tertiary/aromatic N) is 2. The smallest absolute Gasteiger partial charge is 0.311 e. The molecule has 3 unspecified atom stereocenters. The average Bonchev–Trinajstić information content (AvgIpc) is 3.32. The number of fused-ring (bicyclic) bond motifs is 1. The summed E-state index contributed by atoms with van der Waals surface area (Å²) >= 11 is 0. The van der Waals surface area contributed by atoms with Gasteiger partial charge >= 0.3 is 5.92 Å². The summed E-state index contributed by atoms with van der Waals surface area (Å²) in [7, 11) is -0.115. The Morgan fingerprint density at radius 1 is 0.745 bits per heavy atom. The van der Waals surface area contributed by atoms with Gasteiger partial charge in [-0.1, -0.05) is 142 Å². The van der Waals surface area contributed by atoms with Gasteiger partial charge in [0.1, 0.15) is 32.4 Å². The zero-order valence-corrected chi connectivity index (χ0v) is 30.1. The molecule has 2 heterocycles. The first-order chi connectivity index (χ1) is 22.7. The highest BCUT2D eigenvalue weighted by Gasteiger charge is 2.53. The van der Waals surface area contributed by atoms with Crippen molar-refractivity contribution in [1.82, 2.24) is 9.97 Å². The summed E-state index contributed by atoms with van der Waals surface area (Å²) in [6, 6.07) is 11.2. The Morgan fingerprint density at radius 3 is 2.02 bits per heavy atom. The molecule has 2 aromatic carbocycles. The molecule has 0 saturated carbocycles. The number of halogens is 3. The molecule has 1 aromatic heterocycles. The highest BCUT2D eigenvalue weighted by molar-refractivity contribution is 6.39. The Labute approximate surface area is 284 Å². The average molecular weight is 665 g/mol. The molecular formula is C40H55F3N2OSi. The van der Waals surface area contributed by atoms with E-state index in [1.807, 2.05) is 19.1 Å². The van der Waals surface area contributed by atoms with E-state index in [2.05, 4.69) is 42.9 Å². The van der Waals surface area contributed by atoms with Crippen LogP contribution in [-0.4, -0.2) is 25.2 Å². The van der Waals surface area contributed by atoms with Crippen molar-refractivity contribution in [2.45, 2.75) is 148 Å². The predicted molar refractivity (Wildman–Crippen MR) is 190 cm³/mol. The minimum Gasteiger partial charge on any atom is -0.487 e. The van der Waals surface area contributed by atoms with E-state index < -0.39 is 23.0 Å². The number of alkyl halides is 2. The fourth-order valence-electron chi connectivity index (χ4n) is 6.55. The Kier molecular flexibility index (Phi) is 14.8. The lowest BCUT2D eigenvalue weighted by Crippen LogP contribution is -2.37. The molecule has 0 saturated heterocycles. The third kappa shape index (κ3) is 10.7. The van der Waals surface area contributed by atoms with Crippen LogP contribution in [0.25, 0.3) is 22.5 Å². The van der Waals surface area contributed by atoms with Gasteiger partial charge in [0.25, 0.3) is 0 Å². The Hall–Kier alpha value is -2.67. The first-order valence-corrected chi connectivity index (χ1v) is 19.4. The van der Waals surface area contributed by atoms with Crippen LogP contribution in [0, 0.1) is 11.7 Å². The van der Waals surface area contributed by atoms with Crippen molar-refractivity contribution in [3.05, 3.63) is 65.7 Å². The summed E-state index contributed by atoms with van der Waals surface area (Å²) in [4.78, 5) is 8.75. The van der Waals surface area contributed by atoms with Crippen LogP contribution in [0.3, 0.4) is 0 Å². The summed E-state index contributed by atoms with van der Waals surface area (Å²) in [5, 5.41) is 0. The minimum atomic E-state index is -3.41. The molecule has 0 fully saturated rings. The molecule has 0 N–H and O–H groups in total. The maximum Gasteiger partial charge on any atom is 0.311 e. The SMILES string of the molecule is CCCCCCCc1ccc(-c2cnc(-c3ccc4c(c3F)C(F)(F)C([Si]C(C)CCCCCCC(C)CCCCC)O4)nc2)cc1. The normalized spacial score (nSPS) is 16.5. The van der Waals surface area contributed by atoms with Crippen LogP contribution >= 0.6 is 0 Å². The fraction of sp³-hybridized carbons (Fsp3) is 0.600. The number of rotatable bonds is 21. The lowest BCUT2D eigenvalue weighted by Gasteiger charge is -2.21. The van der Waals surface area contributed by atoms with Gasteiger partial charge < -0.3 is 4.74 Å². The first kappa shape index (κ1) is 37.2. The van der Waals surface area contributed by atoms with E-state index in [0.29, 0.717) is 0 Å². The summed E-state index contributed by atoms with van der Waals surface area (Å²) in [5.41, 5.74) is 1.11. The van der Waals surface area contributed by atoms with Crippen LogP contribution in [0.2, 0.25) is 5.54 Å². The van der Waals surface area contributed by atoms with Crippen molar-refractivity contribution in [2.75, 3.05) is 0 Å². The molecule has 0 spiro atoms. The van der Waals surface area contributed by atoms with Crippen molar-refractivity contribution in [1.29, 1.82) is 0 Å². The molecule has 7 heteroatoms. The van der Waals surface area contributed by atoms with Crippen molar-refractivity contribution in [2.24, 2.45) is 5.92 Å². The Balaban J connectivity index is 1.28. The molecule has 1 aliphatic heterocycles. The van der Waals surface area contributed by atoms with Gasteiger partial charge in [-0.3, -0.25) is 0 Å². The van der Waals surface area contributed by atoms with E-state index in [1.165, 1.54) is 94.7 Å². The minimum absolute atomic E-state index is 0.0336. The van der Waals surface area contributed by atoms with Crippen molar-refractivity contribution >= 4 is 9.52 Å². The predicted octanol–water partition coefficient (Wildman–Crippen LogP) is 12.3. The highest BCUT2D eigenvalue weighted by Crippen LogP contribution is 2.49. The van der Waals surface area contributed by atoms with E-state index in [0.717, 1.165) is 42.7 Å². The van der Waals surface area contributed by atoms with E-state index in [9.17, 15) is 0 Å². The van der Waals surface area contributed by atoms with Gasteiger partial charge in [0.2, 0.25) is 0 Å². The maximum atomic E-state index is 15.7. The molecule has 256 valence electrons. The fourth-order valence-corrected chi connectivity index (χ4v) is 7.99. The molecule has 2 radical (unpaired) electrons. The molecular weight excluding hydrogens is 610 g/mol. The largest absolute Gasteiger partial charge is 0.487 e. The van der Waals surface area contributed by atoms with E-state index in [1.54, 1.807) is 12.4 Å².